The van der Waals surface area contributed by atoms with E-state index in [1.165, 1.54) is 36.4 Å². The molecule has 0 unspecified atom stereocenters. The van der Waals surface area contributed by atoms with Crippen LogP contribution in [0.25, 0.3) is 0 Å². The minimum Gasteiger partial charge on any atom is -0.492 e. The van der Waals surface area contributed by atoms with E-state index in [4.69, 9.17) is 16.3 Å². The Hall–Kier alpha value is -3.79. The van der Waals surface area contributed by atoms with Crippen LogP contribution in [-0.4, -0.2) is 24.1 Å². The molecule has 0 atom stereocenters. The second-order valence-corrected chi connectivity index (χ2v) is 6.70. The number of ether oxygens (including phenoxy) is 1. The lowest BCUT2D eigenvalue weighted by Crippen LogP contribution is -2.33. The second kappa shape index (κ2) is 10.0. The predicted octanol–water partition coefficient (Wildman–Crippen LogP) is 4.46. The van der Waals surface area contributed by atoms with Gasteiger partial charge in [-0.3, -0.25) is 0 Å². The first-order valence-corrected chi connectivity index (χ1v) is 9.51. The number of alkyl halides is 3. The number of halogens is 4. The summed E-state index contributed by atoms with van der Waals surface area (Å²) in [5, 5.41) is 8.25. The maximum atomic E-state index is 12.9. The van der Waals surface area contributed by atoms with Crippen LogP contribution in [0.2, 0.25) is 0 Å². The largest absolute Gasteiger partial charge is 0.492 e. The van der Waals surface area contributed by atoms with Gasteiger partial charge in [-0.2, -0.15) is 13.2 Å². The first kappa shape index (κ1) is 22.9. The van der Waals surface area contributed by atoms with Crippen molar-refractivity contribution < 1.29 is 22.3 Å². The third-order valence-electron chi connectivity index (χ3n) is 4.33. The summed E-state index contributed by atoms with van der Waals surface area (Å²) in [6.45, 7) is 0.386. The van der Waals surface area contributed by atoms with E-state index in [0.29, 0.717) is 22.7 Å². The van der Waals surface area contributed by atoms with Crippen LogP contribution in [0.1, 0.15) is 11.1 Å². The van der Waals surface area contributed by atoms with Gasteiger partial charge in [0.05, 0.1) is 12.1 Å². The lowest BCUT2D eigenvalue weighted by molar-refractivity contribution is -0.137. The van der Waals surface area contributed by atoms with Gasteiger partial charge in [0.1, 0.15) is 18.2 Å². The summed E-state index contributed by atoms with van der Waals surface area (Å²) in [5.74, 6) is 6.09. The van der Waals surface area contributed by atoms with Gasteiger partial charge in [0.2, 0.25) is 0 Å². The second-order valence-electron chi connectivity index (χ2n) is 6.70. The number of rotatable bonds is 8. The molecule has 168 valence electrons. The van der Waals surface area contributed by atoms with Crippen molar-refractivity contribution in [3.05, 3.63) is 89.7 Å². The number of para-hydroxylation sites is 1. The summed E-state index contributed by atoms with van der Waals surface area (Å²) in [5.41, 5.74) is 6.87. The number of nitrogens with zero attached hydrogens (tertiary/aromatic N) is 2. The molecule has 0 bridgehead atoms. The summed E-state index contributed by atoms with van der Waals surface area (Å²) in [6, 6.07) is 17.1. The van der Waals surface area contributed by atoms with Gasteiger partial charge in [-0.1, -0.05) is 12.1 Å². The molecule has 3 aromatic carbocycles. The van der Waals surface area contributed by atoms with E-state index < -0.39 is 11.7 Å². The number of nitrogens with two attached hydrogens (primary N) is 2. The molecule has 0 amide bonds. The van der Waals surface area contributed by atoms with E-state index in [1.54, 1.807) is 24.3 Å². The summed E-state index contributed by atoms with van der Waals surface area (Å²) in [7, 11) is 0. The van der Waals surface area contributed by atoms with Gasteiger partial charge >= 0.3 is 6.18 Å². The van der Waals surface area contributed by atoms with E-state index in [2.05, 4.69) is 10.4 Å². The van der Waals surface area contributed by atoms with Crippen molar-refractivity contribution >= 4 is 17.2 Å². The smallest absolute Gasteiger partial charge is 0.416 e. The van der Waals surface area contributed by atoms with Crippen molar-refractivity contribution in [3.8, 4) is 5.75 Å². The van der Waals surface area contributed by atoms with Crippen LogP contribution in [0.5, 0.6) is 5.75 Å². The Kier molecular flexibility index (Phi) is 7.16. The molecule has 3 rings (SSSR count). The van der Waals surface area contributed by atoms with Gasteiger partial charge in [-0.15, -0.1) is 5.10 Å². The summed E-state index contributed by atoms with van der Waals surface area (Å²) in [4.78, 5) is 0. The number of nitrogens with one attached hydrogen (secondary N) is 1. The summed E-state index contributed by atoms with van der Waals surface area (Å²) < 4.78 is 56.6. The van der Waals surface area contributed by atoms with Gasteiger partial charge < -0.3 is 15.8 Å². The average molecular weight is 447 g/mol. The number of anilines is 2. The number of hydrogen-bond acceptors (Lipinski definition) is 5. The molecule has 3 aromatic rings. The molecular weight excluding hydrogens is 426 g/mol. The highest BCUT2D eigenvalue weighted by Gasteiger charge is 2.29. The number of hydrazine groups is 1. The highest BCUT2D eigenvalue weighted by Crippen LogP contribution is 2.30. The molecule has 0 aliphatic heterocycles. The van der Waals surface area contributed by atoms with Gasteiger partial charge in [0, 0.05) is 16.9 Å². The predicted molar refractivity (Wildman–Crippen MR) is 115 cm³/mol. The molecule has 5 N–H and O–H groups in total. The third kappa shape index (κ3) is 6.35. The minimum absolute atomic E-state index is 0.101. The van der Waals surface area contributed by atoms with Gasteiger partial charge in [0.25, 0.3) is 0 Å². The van der Waals surface area contributed by atoms with Crippen molar-refractivity contribution in [2.75, 3.05) is 18.5 Å². The van der Waals surface area contributed by atoms with Crippen LogP contribution in [-0.2, 0) is 6.18 Å². The van der Waals surface area contributed by atoms with Crippen LogP contribution in [0.4, 0.5) is 28.9 Å². The molecule has 32 heavy (non-hydrogen) atoms. The van der Waals surface area contributed by atoms with Crippen LogP contribution in [0.15, 0.2) is 77.9 Å². The van der Waals surface area contributed by atoms with Crippen LogP contribution in [0.3, 0.4) is 0 Å². The Bertz CT molecular complexity index is 1050. The van der Waals surface area contributed by atoms with Gasteiger partial charge in [0.15, 0.2) is 5.84 Å². The lowest BCUT2D eigenvalue weighted by atomic mass is 10.1. The fraction of sp³-hybridized carbons (Fsp3) is 0.136. The quantitative estimate of drug-likeness (QED) is 0.156. The number of amidine groups is 1. The van der Waals surface area contributed by atoms with Crippen molar-refractivity contribution in [2.24, 2.45) is 16.7 Å². The molecule has 0 saturated heterocycles. The lowest BCUT2D eigenvalue weighted by Gasteiger charge is -2.16. The Balaban J connectivity index is 1.64. The molecule has 0 spiro atoms. The highest BCUT2D eigenvalue weighted by molar-refractivity contribution is 6.02. The average Bonchev–Trinajstić information content (AvgIpc) is 2.75. The van der Waals surface area contributed by atoms with Crippen LogP contribution < -0.4 is 21.6 Å². The van der Waals surface area contributed by atoms with Gasteiger partial charge in [-0.05, 0) is 60.7 Å². The maximum absolute atomic E-state index is 12.9. The number of hydrazone groups is 1. The molecule has 0 aliphatic carbocycles. The number of benzene rings is 3. The molecule has 6 nitrogen and oxygen atoms in total. The number of hydrogen-bond donors (Lipinski definition) is 3. The van der Waals surface area contributed by atoms with E-state index in [9.17, 15) is 17.6 Å². The SMILES string of the molecule is N/C(=N\N(N)CCOc1ccc(F)cc1)c1ccccc1Nc1ccc(C(F)(F)F)cc1. The molecule has 0 saturated carbocycles. The van der Waals surface area contributed by atoms with E-state index in [1.807, 2.05) is 0 Å². The van der Waals surface area contributed by atoms with Crippen molar-refractivity contribution in [2.45, 2.75) is 6.18 Å². The first-order valence-electron chi connectivity index (χ1n) is 9.51. The van der Waals surface area contributed by atoms with Gasteiger partial charge in [-0.25, -0.2) is 15.4 Å². The summed E-state index contributed by atoms with van der Waals surface area (Å²) in [6.07, 6.45) is -4.40. The minimum atomic E-state index is -4.40. The molecule has 10 heteroatoms. The maximum Gasteiger partial charge on any atom is 0.416 e. The van der Waals surface area contributed by atoms with Crippen molar-refractivity contribution in [1.82, 2.24) is 5.12 Å². The monoisotopic (exact) mass is 447 g/mol. The topological polar surface area (TPSA) is 88.9 Å². The Morgan fingerprint density at radius 3 is 2.28 bits per heavy atom. The zero-order valence-electron chi connectivity index (χ0n) is 16.8. The fourth-order valence-corrected chi connectivity index (χ4v) is 2.74. The molecule has 0 heterocycles. The molecule has 0 fully saturated rings. The fourth-order valence-electron chi connectivity index (χ4n) is 2.74. The highest BCUT2D eigenvalue weighted by atomic mass is 19.4. The first-order chi connectivity index (χ1) is 15.2. The molecule has 0 aromatic heterocycles. The zero-order chi connectivity index (χ0) is 23.1. The Morgan fingerprint density at radius 2 is 1.62 bits per heavy atom. The van der Waals surface area contributed by atoms with Crippen molar-refractivity contribution in [3.63, 3.8) is 0 Å². The molecular formula is C22H21F4N5O. The van der Waals surface area contributed by atoms with E-state index >= 15 is 0 Å². The van der Waals surface area contributed by atoms with Crippen LogP contribution >= 0.6 is 0 Å². The van der Waals surface area contributed by atoms with E-state index in [-0.39, 0.29) is 24.8 Å². The zero-order valence-corrected chi connectivity index (χ0v) is 16.8. The van der Waals surface area contributed by atoms with E-state index in [0.717, 1.165) is 17.3 Å². The van der Waals surface area contributed by atoms with Crippen molar-refractivity contribution in [1.29, 1.82) is 0 Å². The summed E-state index contributed by atoms with van der Waals surface area (Å²) >= 11 is 0. The third-order valence-corrected chi connectivity index (χ3v) is 4.33. The molecule has 0 aliphatic rings. The van der Waals surface area contributed by atoms with Crippen LogP contribution in [0, 0.1) is 5.82 Å². The Morgan fingerprint density at radius 1 is 0.969 bits per heavy atom. The standard InChI is InChI=1S/C22H21F4N5O/c23-16-7-11-18(12-8-16)32-14-13-31(28)30-21(27)19-3-1-2-4-20(19)29-17-9-5-15(6-10-17)22(24,25)26/h1-12,29H,13-14,28H2,(H2,27,30). The molecule has 0 radical (unpaired) electrons. The Labute approximate surface area is 182 Å². The normalized spacial score (nSPS) is 11.8.